The Hall–Kier alpha value is -3.97. The first-order valence-corrected chi connectivity index (χ1v) is 13.2. The van der Waals surface area contributed by atoms with Crippen molar-refractivity contribution in [1.82, 2.24) is 4.90 Å². The van der Waals surface area contributed by atoms with Crippen LogP contribution in [-0.4, -0.2) is 55.0 Å². The van der Waals surface area contributed by atoms with Crippen LogP contribution in [0.3, 0.4) is 0 Å². The van der Waals surface area contributed by atoms with Crippen LogP contribution in [-0.2, 0) is 16.6 Å². The van der Waals surface area contributed by atoms with Crippen molar-refractivity contribution in [2.24, 2.45) is 5.92 Å². The minimum atomic E-state index is -0.527. The van der Waals surface area contributed by atoms with Crippen LogP contribution in [0, 0.1) is 5.92 Å². The van der Waals surface area contributed by atoms with Crippen LogP contribution >= 0.6 is 0 Å². The maximum Gasteiger partial charge on any atom is 0.253 e. The van der Waals surface area contributed by atoms with Gasteiger partial charge in [0.05, 0.1) is 5.41 Å². The zero-order valence-corrected chi connectivity index (χ0v) is 22.5. The summed E-state index contributed by atoms with van der Waals surface area (Å²) < 4.78 is 10.9. The maximum absolute atomic E-state index is 13.6. The number of aliphatic hydroxyl groups excluding tert-OH is 1. The zero-order chi connectivity index (χ0) is 27.7. The summed E-state index contributed by atoms with van der Waals surface area (Å²) in [5.74, 6) is 1.16. The smallest absolute Gasteiger partial charge is 0.253 e. The van der Waals surface area contributed by atoms with E-state index >= 15 is 0 Å². The number of amides is 1. The van der Waals surface area contributed by atoms with Gasteiger partial charge in [-0.3, -0.25) is 14.4 Å². The minimum absolute atomic E-state index is 0. The van der Waals surface area contributed by atoms with Crippen molar-refractivity contribution in [3.63, 3.8) is 0 Å². The van der Waals surface area contributed by atoms with Crippen LogP contribution in [0.4, 0.5) is 0 Å². The molecular weight excluding hydrogens is 494 g/mol. The molecule has 0 radical (unpaired) electrons. The summed E-state index contributed by atoms with van der Waals surface area (Å²) >= 11 is 0. The summed E-state index contributed by atoms with van der Waals surface area (Å²) in [6.45, 7) is 1.95. The van der Waals surface area contributed by atoms with E-state index in [-0.39, 0.29) is 51.1 Å². The van der Waals surface area contributed by atoms with Gasteiger partial charge in [-0.2, -0.15) is 0 Å². The second-order valence-corrected chi connectivity index (χ2v) is 10.8. The van der Waals surface area contributed by atoms with Crippen molar-refractivity contribution in [3.8, 4) is 22.6 Å². The highest BCUT2D eigenvalue weighted by Gasteiger charge is 2.50. The lowest BCUT2D eigenvalue weighted by Crippen LogP contribution is -2.22. The maximum atomic E-state index is 13.6. The van der Waals surface area contributed by atoms with Gasteiger partial charge in [0.2, 0.25) is 6.79 Å². The average molecular weight is 530 g/mol. The third-order valence-corrected chi connectivity index (χ3v) is 7.65. The predicted octanol–water partition coefficient (Wildman–Crippen LogP) is 5.07. The molecule has 1 aliphatic carbocycles. The van der Waals surface area contributed by atoms with Gasteiger partial charge in [0, 0.05) is 46.1 Å². The van der Waals surface area contributed by atoms with Crippen molar-refractivity contribution >= 4 is 17.5 Å². The fourth-order valence-electron chi connectivity index (χ4n) is 5.13. The van der Waals surface area contributed by atoms with Crippen LogP contribution in [0.25, 0.3) is 11.1 Å². The Morgan fingerprint density at radius 2 is 1.69 bits per heavy atom. The van der Waals surface area contributed by atoms with E-state index in [0.29, 0.717) is 28.2 Å². The Labute approximate surface area is 229 Å². The molecule has 5 rings (SSSR count). The van der Waals surface area contributed by atoms with E-state index in [1.54, 1.807) is 32.3 Å². The van der Waals surface area contributed by atoms with Gasteiger partial charge in [-0.05, 0) is 71.3 Å². The SMILES string of the molecule is C[C@@H](CO)CC(=O)c1ccc(CC(=O)C2(c3ccc4c(c3)OCO4)CC2)cc1-c1ccc(C(=O)N(C)C)cc1.[HH]. The van der Waals surface area contributed by atoms with Crippen molar-refractivity contribution < 1.29 is 30.4 Å². The molecule has 1 atom stereocenters. The van der Waals surface area contributed by atoms with Crippen LogP contribution in [0.5, 0.6) is 11.5 Å². The van der Waals surface area contributed by atoms with Gasteiger partial charge in [-0.25, -0.2) is 0 Å². The van der Waals surface area contributed by atoms with Crippen LogP contribution < -0.4 is 9.47 Å². The van der Waals surface area contributed by atoms with Crippen LogP contribution in [0.15, 0.2) is 60.7 Å². The van der Waals surface area contributed by atoms with Gasteiger partial charge >= 0.3 is 0 Å². The molecular formula is C32H35NO6. The molecule has 3 aromatic rings. The minimum Gasteiger partial charge on any atom is -0.454 e. The largest absolute Gasteiger partial charge is 0.454 e. The molecule has 7 heteroatoms. The van der Waals surface area contributed by atoms with Gasteiger partial charge in [-0.15, -0.1) is 0 Å². The van der Waals surface area contributed by atoms with E-state index in [2.05, 4.69) is 0 Å². The molecule has 0 unspecified atom stereocenters. The number of ketones is 2. The number of ether oxygens (including phenoxy) is 2. The molecule has 1 heterocycles. The Morgan fingerprint density at radius 3 is 2.36 bits per heavy atom. The van der Waals surface area contributed by atoms with Crippen molar-refractivity contribution in [3.05, 3.63) is 82.9 Å². The van der Waals surface area contributed by atoms with Gasteiger partial charge in [0.1, 0.15) is 5.78 Å². The second kappa shape index (κ2) is 10.7. The molecule has 0 bridgehead atoms. The number of benzene rings is 3. The average Bonchev–Trinajstić information content (AvgIpc) is 3.63. The number of carbonyl (C=O) groups excluding carboxylic acids is 3. The first-order chi connectivity index (χ1) is 18.7. The highest BCUT2D eigenvalue weighted by atomic mass is 16.7. The molecule has 1 N–H and O–H groups in total. The Bertz CT molecular complexity index is 1430. The second-order valence-electron chi connectivity index (χ2n) is 10.8. The standard InChI is InChI=1S/C32H33NO6.H2/c1-20(18-34)14-27(35)25-10-4-21(15-26(25)22-5-7-23(8-6-22)31(37)33(2)3)16-30(36)32(12-13-32)24-9-11-28-29(17-24)39-19-38-28;/h4-11,15,17,20,34H,12-14,16,18-19H2,1-3H3;1H/t20-;/m1./s1. The molecule has 39 heavy (non-hydrogen) atoms. The van der Waals surface area contributed by atoms with Crippen LogP contribution in [0.1, 0.15) is 59.5 Å². The summed E-state index contributed by atoms with van der Waals surface area (Å²) in [5.41, 5.74) is 3.83. The molecule has 0 aromatic heterocycles. The quantitative estimate of drug-likeness (QED) is 0.369. The van der Waals surface area contributed by atoms with Gasteiger partial charge in [-0.1, -0.05) is 37.3 Å². The normalized spacial score (nSPS) is 15.5. The first kappa shape index (κ1) is 26.6. The summed E-state index contributed by atoms with van der Waals surface area (Å²) in [6, 6.07) is 18.4. The number of nitrogens with zero attached hydrogens (tertiary/aromatic N) is 1. The summed E-state index contributed by atoms with van der Waals surface area (Å²) in [4.78, 5) is 40.7. The van der Waals surface area contributed by atoms with Gasteiger partial charge in [0.15, 0.2) is 17.3 Å². The van der Waals surface area contributed by atoms with E-state index in [0.717, 1.165) is 29.5 Å². The molecule has 0 saturated heterocycles. The van der Waals surface area contributed by atoms with E-state index in [1.807, 2.05) is 49.4 Å². The lowest BCUT2D eigenvalue weighted by Gasteiger charge is -2.17. The number of rotatable bonds is 10. The third-order valence-electron chi connectivity index (χ3n) is 7.65. The number of hydrogen-bond acceptors (Lipinski definition) is 6. The Kier molecular flexibility index (Phi) is 7.28. The summed E-state index contributed by atoms with van der Waals surface area (Å²) in [7, 11) is 3.40. The molecule has 7 nitrogen and oxygen atoms in total. The lowest BCUT2D eigenvalue weighted by atomic mass is 9.86. The predicted molar refractivity (Wildman–Crippen MR) is 149 cm³/mol. The molecule has 204 valence electrons. The number of fused-ring (bicyclic) bond motifs is 1. The Morgan fingerprint density at radius 1 is 0.974 bits per heavy atom. The molecule has 1 saturated carbocycles. The highest BCUT2D eigenvalue weighted by Crippen LogP contribution is 2.51. The number of carbonyl (C=O) groups is 3. The molecule has 0 spiro atoms. The summed E-state index contributed by atoms with van der Waals surface area (Å²) in [6.07, 6.45) is 2.02. The van der Waals surface area contributed by atoms with Crippen molar-refractivity contribution in [1.29, 1.82) is 0 Å². The molecule has 3 aromatic carbocycles. The fourth-order valence-corrected chi connectivity index (χ4v) is 5.13. The van der Waals surface area contributed by atoms with E-state index in [4.69, 9.17) is 9.47 Å². The van der Waals surface area contributed by atoms with Gasteiger partial charge in [0.25, 0.3) is 5.91 Å². The van der Waals surface area contributed by atoms with Crippen molar-refractivity contribution in [2.45, 2.75) is 38.0 Å². The summed E-state index contributed by atoms with van der Waals surface area (Å²) in [5, 5.41) is 9.47. The van der Waals surface area contributed by atoms with E-state index in [1.165, 1.54) is 4.90 Å². The lowest BCUT2D eigenvalue weighted by molar-refractivity contribution is -0.120. The topological polar surface area (TPSA) is 93.1 Å². The van der Waals surface area contributed by atoms with Gasteiger partial charge < -0.3 is 19.5 Å². The van der Waals surface area contributed by atoms with Crippen molar-refractivity contribution in [2.75, 3.05) is 27.5 Å². The van der Waals surface area contributed by atoms with E-state index < -0.39 is 5.41 Å². The Balaban J connectivity index is 0.00000370. The monoisotopic (exact) mass is 529 g/mol. The number of hydrogen-bond donors (Lipinski definition) is 1. The molecule has 1 fully saturated rings. The third kappa shape index (κ3) is 5.32. The molecule has 1 aliphatic heterocycles. The number of Topliss-reactive ketones (excluding diaryl/α,β-unsaturated/α-hetero) is 2. The molecule has 2 aliphatic rings. The van der Waals surface area contributed by atoms with E-state index in [9.17, 15) is 19.5 Å². The van der Waals surface area contributed by atoms with Crippen LogP contribution in [0.2, 0.25) is 0 Å². The zero-order valence-electron chi connectivity index (χ0n) is 22.5. The number of aliphatic hydroxyl groups is 1. The highest BCUT2D eigenvalue weighted by molar-refractivity contribution is 6.03. The first-order valence-electron chi connectivity index (χ1n) is 13.2. The fraction of sp³-hybridized carbons (Fsp3) is 0.344. The molecule has 1 amide bonds.